The predicted octanol–water partition coefficient (Wildman–Crippen LogP) is -0.283. The molecule has 1 saturated heterocycles. The molecule has 18 heavy (non-hydrogen) atoms. The Balaban J connectivity index is 1.95. The topological polar surface area (TPSA) is 98.6 Å². The number of H-pyrrole nitrogens is 1. The summed E-state index contributed by atoms with van der Waals surface area (Å²) in [6, 6.07) is 7.45. The number of nitrogens with one attached hydrogen (secondary N) is 1. The first-order valence-electron chi connectivity index (χ1n) is 5.78. The Labute approximate surface area is 103 Å². The van der Waals surface area contributed by atoms with Crippen molar-refractivity contribution in [3.05, 3.63) is 30.1 Å². The lowest BCUT2D eigenvalue weighted by molar-refractivity contribution is -0.0249. The summed E-state index contributed by atoms with van der Waals surface area (Å²) in [5.41, 5.74) is 1.61. The number of benzene rings is 1. The van der Waals surface area contributed by atoms with Gasteiger partial charge in [0.1, 0.15) is 30.2 Å². The fourth-order valence-electron chi connectivity index (χ4n) is 2.23. The first kappa shape index (κ1) is 11.6. The van der Waals surface area contributed by atoms with Crippen LogP contribution in [0.25, 0.3) is 11.0 Å². The molecule has 2 aromatic rings. The highest BCUT2D eigenvalue weighted by Gasteiger charge is 2.44. The van der Waals surface area contributed by atoms with Gasteiger partial charge in [-0.3, -0.25) is 0 Å². The second kappa shape index (κ2) is 4.33. The zero-order chi connectivity index (χ0) is 12.7. The van der Waals surface area contributed by atoms with E-state index in [2.05, 4.69) is 9.97 Å². The third-order valence-electron chi connectivity index (χ3n) is 3.22. The van der Waals surface area contributed by atoms with Gasteiger partial charge in [-0.1, -0.05) is 12.1 Å². The van der Waals surface area contributed by atoms with Crippen molar-refractivity contribution in [2.75, 3.05) is 6.61 Å². The van der Waals surface area contributed by atoms with Crippen LogP contribution in [-0.4, -0.2) is 50.2 Å². The lowest BCUT2D eigenvalue weighted by Gasteiger charge is -2.11. The number of nitrogens with zero attached hydrogens (tertiary/aromatic N) is 1. The molecular weight excluding hydrogens is 236 g/mol. The maximum absolute atomic E-state index is 9.89. The molecule has 1 aliphatic rings. The van der Waals surface area contributed by atoms with Gasteiger partial charge in [0.25, 0.3) is 0 Å². The van der Waals surface area contributed by atoms with Crippen LogP contribution in [0.15, 0.2) is 24.3 Å². The van der Waals surface area contributed by atoms with Gasteiger partial charge in [0.2, 0.25) is 0 Å². The zero-order valence-electron chi connectivity index (χ0n) is 9.52. The van der Waals surface area contributed by atoms with Crippen LogP contribution >= 0.6 is 0 Å². The Kier molecular flexibility index (Phi) is 2.79. The van der Waals surface area contributed by atoms with Gasteiger partial charge in [-0.2, -0.15) is 0 Å². The van der Waals surface area contributed by atoms with E-state index in [1.165, 1.54) is 0 Å². The molecule has 0 bridgehead atoms. The smallest absolute Gasteiger partial charge is 0.144 e. The molecule has 1 aromatic heterocycles. The second-order valence-corrected chi connectivity index (χ2v) is 4.40. The number of imidazole rings is 1. The second-order valence-electron chi connectivity index (χ2n) is 4.40. The average Bonchev–Trinajstić information content (AvgIpc) is 2.92. The molecule has 6 heteroatoms. The summed E-state index contributed by atoms with van der Waals surface area (Å²) in [6.45, 7) is -0.338. The van der Waals surface area contributed by atoms with Crippen molar-refractivity contribution < 1.29 is 20.1 Å². The van der Waals surface area contributed by atoms with Crippen molar-refractivity contribution in [3.8, 4) is 0 Å². The quantitative estimate of drug-likeness (QED) is 0.587. The number of aromatic nitrogens is 2. The Bertz CT molecular complexity index is 523. The van der Waals surface area contributed by atoms with Gasteiger partial charge in [0.15, 0.2) is 0 Å². The van der Waals surface area contributed by atoms with Crippen LogP contribution in [0.1, 0.15) is 11.9 Å². The molecule has 6 nitrogen and oxygen atoms in total. The van der Waals surface area contributed by atoms with Gasteiger partial charge in [-0.05, 0) is 12.1 Å². The van der Waals surface area contributed by atoms with Gasteiger partial charge in [-0.15, -0.1) is 0 Å². The molecule has 0 aliphatic carbocycles. The number of aliphatic hydroxyl groups is 3. The molecule has 0 radical (unpaired) electrons. The van der Waals surface area contributed by atoms with E-state index in [1.54, 1.807) is 0 Å². The molecule has 0 saturated carbocycles. The molecule has 3 rings (SSSR count). The Morgan fingerprint density at radius 1 is 1.22 bits per heavy atom. The molecule has 1 aromatic carbocycles. The monoisotopic (exact) mass is 250 g/mol. The van der Waals surface area contributed by atoms with E-state index < -0.39 is 24.4 Å². The minimum absolute atomic E-state index is 0.338. The van der Waals surface area contributed by atoms with Gasteiger partial charge in [0.05, 0.1) is 17.6 Å². The van der Waals surface area contributed by atoms with Crippen molar-refractivity contribution in [3.63, 3.8) is 0 Å². The van der Waals surface area contributed by atoms with Gasteiger partial charge in [0, 0.05) is 0 Å². The van der Waals surface area contributed by atoms with Crippen LogP contribution in [0.4, 0.5) is 0 Å². The van der Waals surface area contributed by atoms with Crippen molar-refractivity contribution in [2.45, 2.75) is 24.4 Å². The normalized spacial score (nSPS) is 32.2. The van der Waals surface area contributed by atoms with Gasteiger partial charge >= 0.3 is 0 Å². The van der Waals surface area contributed by atoms with E-state index in [0.29, 0.717) is 5.82 Å². The molecule has 3 unspecified atom stereocenters. The average molecular weight is 250 g/mol. The fraction of sp³-hybridized carbons (Fsp3) is 0.417. The van der Waals surface area contributed by atoms with Crippen molar-refractivity contribution >= 4 is 11.0 Å². The molecule has 0 amide bonds. The summed E-state index contributed by atoms with van der Waals surface area (Å²) in [5, 5.41) is 28.6. The zero-order valence-corrected chi connectivity index (χ0v) is 9.52. The number of hydrogen-bond acceptors (Lipinski definition) is 5. The third kappa shape index (κ3) is 1.70. The Hall–Kier alpha value is -1.47. The van der Waals surface area contributed by atoms with Crippen LogP contribution in [-0.2, 0) is 4.74 Å². The lowest BCUT2D eigenvalue weighted by atomic mass is 10.1. The number of para-hydroxylation sites is 2. The highest BCUT2D eigenvalue weighted by Crippen LogP contribution is 2.32. The number of aliphatic hydroxyl groups excluding tert-OH is 3. The molecule has 1 fully saturated rings. The molecule has 4 N–H and O–H groups in total. The molecule has 4 atom stereocenters. The standard InChI is InChI=1S/C12H14N2O4/c15-5-8-9(16)10(17)11(18-8)12-13-6-3-1-2-4-7(6)14-12/h1-4,8-11,15-17H,5H2,(H,13,14)/t8-,9?,10?,11?/m1/s1. The minimum Gasteiger partial charge on any atom is -0.394 e. The van der Waals surface area contributed by atoms with E-state index in [1.807, 2.05) is 24.3 Å². The van der Waals surface area contributed by atoms with Gasteiger partial charge < -0.3 is 25.0 Å². The molecule has 2 heterocycles. The number of aromatic amines is 1. The van der Waals surface area contributed by atoms with Crippen LogP contribution < -0.4 is 0 Å². The summed E-state index contributed by atoms with van der Waals surface area (Å²) in [6.07, 6.45) is -3.72. The number of rotatable bonds is 2. The molecular formula is C12H14N2O4. The lowest BCUT2D eigenvalue weighted by Crippen LogP contribution is -2.32. The maximum atomic E-state index is 9.89. The van der Waals surface area contributed by atoms with E-state index >= 15 is 0 Å². The minimum atomic E-state index is -1.10. The SMILES string of the molecule is OC[C@H]1OC(c2nc3ccccc3[nH]2)C(O)C1O. The Morgan fingerprint density at radius 2 is 2.00 bits per heavy atom. The highest BCUT2D eigenvalue weighted by atomic mass is 16.6. The van der Waals surface area contributed by atoms with E-state index in [-0.39, 0.29) is 6.61 Å². The van der Waals surface area contributed by atoms with Crippen LogP contribution in [0, 0.1) is 0 Å². The van der Waals surface area contributed by atoms with Crippen LogP contribution in [0.5, 0.6) is 0 Å². The maximum Gasteiger partial charge on any atom is 0.144 e. The van der Waals surface area contributed by atoms with Crippen molar-refractivity contribution in [1.82, 2.24) is 9.97 Å². The van der Waals surface area contributed by atoms with Crippen molar-refractivity contribution in [2.24, 2.45) is 0 Å². The summed E-state index contributed by atoms with van der Waals surface area (Å²) in [5.74, 6) is 0.457. The van der Waals surface area contributed by atoms with E-state index in [9.17, 15) is 10.2 Å². The summed E-state index contributed by atoms with van der Waals surface area (Å²) in [4.78, 5) is 7.36. The molecule has 96 valence electrons. The first-order valence-corrected chi connectivity index (χ1v) is 5.78. The van der Waals surface area contributed by atoms with Crippen molar-refractivity contribution in [1.29, 1.82) is 0 Å². The van der Waals surface area contributed by atoms with E-state index in [0.717, 1.165) is 11.0 Å². The summed E-state index contributed by atoms with van der Waals surface area (Å²) in [7, 11) is 0. The summed E-state index contributed by atoms with van der Waals surface area (Å²) < 4.78 is 5.41. The first-order chi connectivity index (χ1) is 8.70. The Morgan fingerprint density at radius 3 is 2.67 bits per heavy atom. The highest BCUT2D eigenvalue weighted by molar-refractivity contribution is 5.74. The molecule has 0 spiro atoms. The fourth-order valence-corrected chi connectivity index (χ4v) is 2.23. The number of ether oxygens (including phenoxy) is 1. The van der Waals surface area contributed by atoms with E-state index in [4.69, 9.17) is 9.84 Å². The van der Waals surface area contributed by atoms with Crippen LogP contribution in [0.2, 0.25) is 0 Å². The predicted molar refractivity (Wildman–Crippen MR) is 62.8 cm³/mol. The number of hydrogen-bond donors (Lipinski definition) is 4. The molecule has 1 aliphatic heterocycles. The number of fused-ring (bicyclic) bond motifs is 1. The largest absolute Gasteiger partial charge is 0.394 e. The van der Waals surface area contributed by atoms with Crippen LogP contribution in [0.3, 0.4) is 0 Å². The summed E-state index contributed by atoms with van der Waals surface area (Å²) >= 11 is 0. The van der Waals surface area contributed by atoms with Gasteiger partial charge in [-0.25, -0.2) is 4.98 Å². The third-order valence-corrected chi connectivity index (χ3v) is 3.22.